The Labute approximate surface area is 173 Å². The van der Waals surface area contributed by atoms with Crippen LogP contribution in [-0.4, -0.2) is 44.9 Å². The highest BCUT2D eigenvalue weighted by Crippen LogP contribution is 2.21. The van der Waals surface area contributed by atoms with E-state index < -0.39 is 10.0 Å². The van der Waals surface area contributed by atoms with Crippen LogP contribution in [0.2, 0.25) is 0 Å². The van der Waals surface area contributed by atoms with E-state index >= 15 is 0 Å². The van der Waals surface area contributed by atoms with Gasteiger partial charge in [0.25, 0.3) is 15.9 Å². The molecule has 1 aliphatic heterocycles. The average molecular weight is 416 g/mol. The molecule has 0 bridgehead atoms. The zero-order valence-electron chi connectivity index (χ0n) is 17.2. The van der Waals surface area contributed by atoms with Gasteiger partial charge in [0.2, 0.25) is 0 Å². The van der Waals surface area contributed by atoms with Crippen molar-refractivity contribution >= 4 is 21.6 Å². The summed E-state index contributed by atoms with van der Waals surface area (Å²) in [6.07, 6.45) is 1.90. The molecule has 6 nitrogen and oxygen atoms in total. The summed E-state index contributed by atoms with van der Waals surface area (Å²) < 4.78 is 28.0. The predicted molar refractivity (Wildman–Crippen MR) is 116 cm³/mol. The fraction of sp³-hybridized carbons (Fsp3) is 0.409. The van der Waals surface area contributed by atoms with Gasteiger partial charge in [0, 0.05) is 30.4 Å². The van der Waals surface area contributed by atoms with Crippen molar-refractivity contribution in [2.45, 2.75) is 44.6 Å². The normalized spacial score (nSPS) is 15.8. The predicted octanol–water partition coefficient (Wildman–Crippen LogP) is 3.32. The molecular weight excluding hydrogens is 386 g/mol. The number of rotatable bonds is 6. The third-order valence-electron chi connectivity index (χ3n) is 5.40. The van der Waals surface area contributed by atoms with Gasteiger partial charge in [-0.2, -0.15) is 0 Å². The van der Waals surface area contributed by atoms with E-state index in [0.29, 0.717) is 16.8 Å². The quantitative estimate of drug-likeness (QED) is 0.759. The number of aryl methyl sites for hydroxylation is 2. The lowest BCUT2D eigenvalue weighted by Crippen LogP contribution is -2.44. The molecule has 0 unspecified atom stereocenters. The minimum absolute atomic E-state index is 0.121. The number of carbonyl (C=O) groups is 1. The Kier molecular flexibility index (Phi) is 6.59. The molecule has 2 aromatic rings. The summed E-state index contributed by atoms with van der Waals surface area (Å²) in [4.78, 5) is 15.1. The first-order chi connectivity index (χ1) is 13.8. The van der Waals surface area contributed by atoms with Crippen molar-refractivity contribution in [3.63, 3.8) is 0 Å². The smallest absolute Gasteiger partial charge is 0.262 e. The van der Waals surface area contributed by atoms with Crippen molar-refractivity contribution in [1.82, 2.24) is 10.2 Å². The van der Waals surface area contributed by atoms with E-state index in [2.05, 4.69) is 21.9 Å². The first-order valence-corrected chi connectivity index (χ1v) is 11.5. The molecule has 2 aromatic carbocycles. The molecule has 7 heteroatoms. The second-order valence-electron chi connectivity index (χ2n) is 7.63. The highest BCUT2D eigenvalue weighted by molar-refractivity contribution is 7.92. The van der Waals surface area contributed by atoms with Gasteiger partial charge in [0.05, 0.1) is 4.90 Å². The van der Waals surface area contributed by atoms with Crippen LogP contribution in [0.15, 0.2) is 47.4 Å². The number of benzene rings is 2. The van der Waals surface area contributed by atoms with Crippen molar-refractivity contribution in [3.8, 4) is 0 Å². The lowest BCUT2D eigenvalue weighted by Gasteiger charge is -2.31. The van der Waals surface area contributed by atoms with Gasteiger partial charge in [-0.25, -0.2) is 8.42 Å². The molecule has 1 saturated heterocycles. The number of hydrogen-bond acceptors (Lipinski definition) is 4. The fourth-order valence-corrected chi connectivity index (χ4v) is 4.95. The molecule has 1 fully saturated rings. The number of hydrogen-bond donors (Lipinski definition) is 2. The maximum Gasteiger partial charge on any atom is 0.262 e. The summed E-state index contributed by atoms with van der Waals surface area (Å²) in [7, 11) is -3.69. The Balaban J connectivity index is 1.64. The van der Waals surface area contributed by atoms with E-state index in [9.17, 15) is 13.2 Å². The lowest BCUT2D eigenvalue weighted by atomic mass is 10.0. The third-order valence-corrected chi connectivity index (χ3v) is 6.93. The van der Waals surface area contributed by atoms with Gasteiger partial charge in [-0.05, 0) is 74.7 Å². The summed E-state index contributed by atoms with van der Waals surface area (Å²) in [5, 5.41) is 3.08. The Bertz CT molecular complexity index is 963. The van der Waals surface area contributed by atoms with Crippen molar-refractivity contribution < 1.29 is 13.2 Å². The van der Waals surface area contributed by atoms with Crippen molar-refractivity contribution in [2.24, 2.45) is 0 Å². The number of sulfonamides is 1. The van der Waals surface area contributed by atoms with Gasteiger partial charge in [-0.15, -0.1) is 0 Å². The number of nitrogens with zero attached hydrogens (tertiary/aromatic N) is 1. The van der Waals surface area contributed by atoms with Gasteiger partial charge >= 0.3 is 0 Å². The molecule has 0 aliphatic carbocycles. The minimum atomic E-state index is -3.69. The van der Waals surface area contributed by atoms with Crippen LogP contribution in [-0.2, 0) is 10.0 Å². The van der Waals surface area contributed by atoms with Gasteiger partial charge in [-0.3, -0.25) is 9.52 Å². The standard InChI is InChI=1S/C22H29N3O3S/c1-4-25-13-11-19(12-14-25)23-22(26)18-7-9-20(10-8-18)24-29(27,28)21-15-16(2)5-6-17(21)3/h5-10,15,19,24H,4,11-14H2,1-3H3,(H,23,26). The largest absolute Gasteiger partial charge is 0.349 e. The van der Waals surface area contributed by atoms with Crippen LogP contribution in [0, 0.1) is 13.8 Å². The molecule has 0 radical (unpaired) electrons. The number of nitrogens with one attached hydrogen (secondary N) is 2. The summed E-state index contributed by atoms with van der Waals surface area (Å²) in [6.45, 7) is 8.82. The summed E-state index contributed by atoms with van der Waals surface area (Å²) in [5.74, 6) is -0.121. The van der Waals surface area contributed by atoms with E-state index in [1.165, 1.54) is 0 Å². The Hall–Kier alpha value is -2.38. The van der Waals surface area contributed by atoms with Gasteiger partial charge in [0.1, 0.15) is 0 Å². The summed E-state index contributed by atoms with van der Waals surface area (Å²) >= 11 is 0. The second kappa shape index (κ2) is 8.97. The van der Waals surface area contributed by atoms with Gasteiger partial charge in [-0.1, -0.05) is 19.1 Å². The zero-order valence-corrected chi connectivity index (χ0v) is 18.1. The molecule has 2 N–H and O–H groups in total. The maximum atomic E-state index is 12.7. The molecule has 0 atom stereocenters. The highest BCUT2D eigenvalue weighted by atomic mass is 32.2. The van der Waals surface area contributed by atoms with Crippen LogP contribution >= 0.6 is 0 Å². The van der Waals surface area contributed by atoms with E-state index in [1.807, 2.05) is 13.0 Å². The van der Waals surface area contributed by atoms with Crippen molar-refractivity contribution in [2.75, 3.05) is 24.4 Å². The number of carbonyl (C=O) groups excluding carboxylic acids is 1. The van der Waals surface area contributed by atoms with Gasteiger partial charge in [0.15, 0.2) is 0 Å². The van der Waals surface area contributed by atoms with Gasteiger partial charge < -0.3 is 10.2 Å². The third kappa shape index (κ3) is 5.36. The number of anilines is 1. The van der Waals surface area contributed by atoms with Crippen molar-refractivity contribution in [1.29, 1.82) is 0 Å². The number of amides is 1. The molecule has 1 amide bonds. The molecule has 1 aliphatic rings. The maximum absolute atomic E-state index is 12.7. The van der Waals surface area contributed by atoms with E-state index in [-0.39, 0.29) is 16.8 Å². The van der Waals surface area contributed by atoms with E-state index in [0.717, 1.165) is 38.0 Å². The number of piperidine rings is 1. The van der Waals surface area contributed by atoms with E-state index in [4.69, 9.17) is 0 Å². The molecular formula is C22H29N3O3S. The van der Waals surface area contributed by atoms with Crippen LogP contribution in [0.4, 0.5) is 5.69 Å². The van der Waals surface area contributed by atoms with Crippen LogP contribution in [0.1, 0.15) is 41.3 Å². The van der Waals surface area contributed by atoms with Crippen LogP contribution in [0.5, 0.6) is 0 Å². The Morgan fingerprint density at radius 2 is 1.72 bits per heavy atom. The Morgan fingerprint density at radius 3 is 2.34 bits per heavy atom. The topological polar surface area (TPSA) is 78.5 Å². The van der Waals surface area contributed by atoms with E-state index in [1.54, 1.807) is 43.3 Å². The molecule has 0 spiro atoms. The second-order valence-corrected chi connectivity index (χ2v) is 9.28. The molecule has 156 valence electrons. The number of likely N-dealkylation sites (tertiary alicyclic amines) is 1. The molecule has 29 heavy (non-hydrogen) atoms. The molecule has 0 aromatic heterocycles. The van der Waals surface area contributed by atoms with Crippen LogP contribution < -0.4 is 10.0 Å². The highest BCUT2D eigenvalue weighted by Gasteiger charge is 2.21. The monoisotopic (exact) mass is 415 g/mol. The first kappa shape index (κ1) is 21.3. The first-order valence-electron chi connectivity index (χ1n) is 10.0. The summed E-state index contributed by atoms with van der Waals surface area (Å²) in [6, 6.07) is 12.1. The van der Waals surface area contributed by atoms with Crippen LogP contribution in [0.3, 0.4) is 0 Å². The lowest BCUT2D eigenvalue weighted by molar-refractivity contribution is 0.0912. The molecule has 3 rings (SSSR count). The minimum Gasteiger partial charge on any atom is -0.349 e. The molecule has 1 heterocycles. The van der Waals surface area contributed by atoms with Crippen LogP contribution in [0.25, 0.3) is 0 Å². The SMILES string of the molecule is CCN1CCC(NC(=O)c2ccc(NS(=O)(=O)c3cc(C)ccc3C)cc2)CC1. The average Bonchev–Trinajstić information content (AvgIpc) is 2.70. The van der Waals surface area contributed by atoms with Crippen molar-refractivity contribution in [3.05, 3.63) is 59.2 Å². The zero-order chi connectivity index (χ0) is 21.0. The molecule has 0 saturated carbocycles. The Morgan fingerprint density at radius 1 is 1.07 bits per heavy atom. The fourth-order valence-electron chi connectivity index (χ4n) is 3.56. The summed E-state index contributed by atoms with van der Waals surface area (Å²) in [5.41, 5.74) is 2.53.